The van der Waals surface area contributed by atoms with E-state index in [-0.39, 0.29) is 25.6 Å². The van der Waals surface area contributed by atoms with Gasteiger partial charge in [-0.15, -0.1) is 0 Å². The second kappa shape index (κ2) is 20.0. The number of rotatable bonds is 14. The summed E-state index contributed by atoms with van der Waals surface area (Å²) in [4.78, 5) is 81.6. The molecule has 6 amide bonds. The molecule has 0 radical (unpaired) electrons. The number of hydrogen-bond acceptors (Lipinski definition) is 8. The summed E-state index contributed by atoms with van der Waals surface area (Å²) >= 11 is 0. The minimum Gasteiger partial charge on any atom is -0.445 e. The fourth-order valence-electron chi connectivity index (χ4n) is 7.76. The van der Waals surface area contributed by atoms with Gasteiger partial charge in [-0.05, 0) is 104 Å². The maximum absolute atomic E-state index is 15.9. The van der Waals surface area contributed by atoms with E-state index in [2.05, 4.69) is 21.3 Å². The summed E-state index contributed by atoms with van der Waals surface area (Å²) in [6.07, 6.45) is 1.47. The summed E-state index contributed by atoms with van der Waals surface area (Å²) < 4.78 is 21.6. The summed E-state index contributed by atoms with van der Waals surface area (Å²) in [5.74, 6) is -2.77. The number of anilines is 2. The lowest BCUT2D eigenvalue weighted by Crippen LogP contribution is -2.50. The zero-order chi connectivity index (χ0) is 43.5. The van der Waals surface area contributed by atoms with E-state index < -0.39 is 48.7 Å². The Morgan fingerprint density at radius 3 is 1.52 bits per heavy atom. The van der Waals surface area contributed by atoms with Gasteiger partial charge in [0.25, 0.3) is 11.8 Å². The van der Waals surface area contributed by atoms with Crippen molar-refractivity contribution in [2.75, 3.05) is 36.8 Å². The third kappa shape index (κ3) is 10.3. The maximum Gasteiger partial charge on any atom is 0.410 e. The topological polar surface area (TPSA) is 183 Å². The van der Waals surface area contributed by atoms with Crippen LogP contribution in [0.1, 0.15) is 52.0 Å². The van der Waals surface area contributed by atoms with Gasteiger partial charge in [-0.2, -0.15) is 0 Å². The number of carbonyl (C=O) groups excluding carboxylic acids is 6. The number of likely N-dealkylation sites (tertiary alicyclic amines) is 2. The van der Waals surface area contributed by atoms with Gasteiger partial charge in [-0.1, -0.05) is 66.7 Å². The molecule has 4 N–H and O–H groups in total. The molecule has 2 saturated heterocycles. The van der Waals surface area contributed by atoms with E-state index in [4.69, 9.17) is 4.74 Å². The van der Waals surface area contributed by atoms with Gasteiger partial charge in [0, 0.05) is 46.2 Å². The molecule has 0 aromatic heterocycles. The minimum absolute atomic E-state index is 0.0656. The first-order chi connectivity index (χ1) is 30.1. The van der Waals surface area contributed by atoms with Crippen molar-refractivity contribution >= 4 is 64.8 Å². The van der Waals surface area contributed by atoms with E-state index in [1.807, 2.05) is 30.3 Å². The first kappa shape index (κ1) is 43.1. The number of carbonyl (C=O) groups is 6. The van der Waals surface area contributed by atoms with Crippen LogP contribution in [0.5, 0.6) is 0 Å². The molecule has 62 heavy (non-hydrogen) atoms. The molecule has 2 fully saturated rings. The molecule has 0 aliphatic carbocycles. The lowest BCUT2D eigenvalue weighted by atomic mass is 10.2. The van der Waals surface area contributed by atoms with Crippen molar-refractivity contribution in [3.63, 3.8) is 0 Å². The van der Waals surface area contributed by atoms with Crippen LogP contribution in [0.4, 0.5) is 16.2 Å². The van der Waals surface area contributed by atoms with E-state index in [1.54, 1.807) is 114 Å². The molecule has 14 nitrogen and oxygen atoms in total. The van der Waals surface area contributed by atoms with Crippen LogP contribution in [-0.4, -0.2) is 83.4 Å². The first-order valence-electron chi connectivity index (χ1n) is 20.4. The highest BCUT2D eigenvalue weighted by Gasteiger charge is 2.48. The Kier molecular flexibility index (Phi) is 13.9. The fraction of sp³-hybridized carbons (Fsp3) is 0.234. The minimum atomic E-state index is -3.72. The predicted octanol–water partition coefficient (Wildman–Crippen LogP) is 5.49. The molecule has 2 heterocycles. The van der Waals surface area contributed by atoms with Crippen molar-refractivity contribution in [3.8, 4) is 0 Å². The first-order valence-corrected chi connectivity index (χ1v) is 22.2. The van der Waals surface area contributed by atoms with Crippen molar-refractivity contribution < 1.29 is 38.1 Å². The summed E-state index contributed by atoms with van der Waals surface area (Å²) in [5.41, 5.74) is 2.49. The number of hydrogen-bond donors (Lipinski definition) is 4. The summed E-state index contributed by atoms with van der Waals surface area (Å²) in [6, 6.07) is 38.7. The van der Waals surface area contributed by atoms with Crippen molar-refractivity contribution in [1.82, 2.24) is 20.4 Å². The van der Waals surface area contributed by atoms with Gasteiger partial charge in [0.2, 0.25) is 17.7 Å². The summed E-state index contributed by atoms with van der Waals surface area (Å²) in [5, 5.41) is 11.6. The van der Waals surface area contributed by atoms with Crippen molar-refractivity contribution in [2.45, 2.75) is 44.1 Å². The van der Waals surface area contributed by atoms with Crippen molar-refractivity contribution in [3.05, 3.63) is 156 Å². The van der Waals surface area contributed by atoms with Crippen LogP contribution in [0.3, 0.4) is 0 Å². The van der Waals surface area contributed by atoms with Gasteiger partial charge >= 0.3 is 6.09 Å². The van der Waals surface area contributed by atoms with E-state index >= 15 is 4.57 Å². The molecule has 5 aromatic carbocycles. The Labute approximate surface area is 359 Å². The zero-order valence-corrected chi connectivity index (χ0v) is 34.8. The molecule has 5 aromatic rings. The average Bonchev–Trinajstić information content (AvgIpc) is 4.02. The highest BCUT2D eigenvalue weighted by molar-refractivity contribution is 7.79. The third-order valence-electron chi connectivity index (χ3n) is 10.9. The van der Waals surface area contributed by atoms with Crippen LogP contribution in [0, 0.1) is 0 Å². The van der Waals surface area contributed by atoms with E-state index in [9.17, 15) is 28.8 Å². The van der Waals surface area contributed by atoms with Crippen molar-refractivity contribution in [2.24, 2.45) is 0 Å². The Hall–Kier alpha value is -7.05. The molecule has 0 saturated carbocycles. The maximum atomic E-state index is 15.9. The average molecular weight is 855 g/mol. The van der Waals surface area contributed by atoms with Gasteiger partial charge < -0.3 is 35.5 Å². The molecule has 7 rings (SSSR count). The smallest absolute Gasteiger partial charge is 0.410 e. The van der Waals surface area contributed by atoms with Crippen LogP contribution in [0.25, 0.3) is 0 Å². The van der Waals surface area contributed by atoms with E-state index in [0.29, 0.717) is 71.9 Å². The van der Waals surface area contributed by atoms with Gasteiger partial charge in [-0.25, -0.2) is 4.79 Å². The lowest BCUT2D eigenvalue weighted by Gasteiger charge is -2.35. The summed E-state index contributed by atoms with van der Waals surface area (Å²) in [7, 11) is -3.72. The van der Waals surface area contributed by atoms with Crippen LogP contribution in [0.15, 0.2) is 140 Å². The number of ether oxygens (including phenoxy) is 1. The molecular formula is C47H47N6O8P. The molecule has 2 aliphatic heterocycles. The SMILES string of the molecule is O=C(CNC(=O)c1ccccc1)Nc1ccc(P(=O)(c2ccc(NC(=O)CNC(=O)c3ccccc3)cc2)C2CCCN2C(=O)[C@@H]2CCCN2C(=O)OCc2ccccc2)cc1. The van der Waals surface area contributed by atoms with Crippen molar-refractivity contribution in [1.29, 1.82) is 0 Å². The molecule has 318 valence electrons. The van der Waals surface area contributed by atoms with Crippen LogP contribution in [-0.2, 0) is 30.3 Å². The zero-order valence-electron chi connectivity index (χ0n) is 33.9. The molecule has 15 heteroatoms. The Morgan fingerprint density at radius 1 is 0.565 bits per heavy atom. The number of nitrogens with one attached hydrogen (secondary N) is 4. The third-order valence-corrected chi connectivity index (χ3v) is 14.4. The largest absolute Gasteiger partial charge is 0.445 e. The second-order valence-electron chi connectivity index (χ2n) is 15.0. The normalized spacial score (nSPS) is 15.9. The quantitative estimate of drug-likeness (QED) is 0.106. The van der Waals surface area contributed by atoms with Gasteiger partial charge in [0.05, 0.1) is 18.9 Å². The highest BCUT2D eigenvalue weighted by Crippen LogP contribution is 2.54. The highest BCUT2D eigenvalue weighted by atomic mass is 31.2. The lowest BCUT2D eigenvalue weighted by molar-refractivity contribution is -0.135. The number of amides is 6. The van der Waals surface area contributed by atoms with Gasteiger partial charge in [0.1, 0.15) is 12.6 Å². The number of benzene rings is 5. The Morgan fingerprint density at radius 2 is 1.02 bits per heavy atom. The second-order valence-corrected chi connectivity index (χ2v) is 17.9. The van der Waals surface area contributed by atoms with Gasteiger partial charge in [0.15, 0.2) is 7.14 Å². The van der Waals surface area contributed by atoms with Crippen LogP contribution >= 0.6 is 7.14 Å². The van der Waals surface area contributed by atoms with E-state index in [1.165, 1.54) is 4.90 Å². The molecule has 0 spiro atoms. The predicted molar refractivity (Wildman–Crippen MR) is 236 cm³/mol. The van der Waals surface area contributed by atoms with Crippen LogP contribution in [0.2, 0.25) is 0 Å². The molecular weight excluding hydrogens is 808 g/mol. The molecule has 2 aliphatic rings. The molecule has 0 bridgehead atoms. The summed E-state index contributed by atoms with van der Waals surface area (Å²) in [6.45, 7) is 0.214. The standard InChI is InChI=1S/C47H47N6O8P/c54-41(30-48-44(56)34-14-6-2-7-15-34)50-36-20-24-38(25-21-36)62(60,39-26-22-37(23-27-39)51-42(55)31-49-45(57)35-16-8-3-9-17-35)43-19-11-29-53(43)46(58)40-18-10-28-52(40)47(59)61-32-33-12-4-1-5-13-33/h1-9,12-17,20-27,40,43H,10-11,18-19,28-32H2,(H,48,56)(H,49,57)(H,50,54)(H,51,55)/t40-,43?/m0/s1. The Balaban J connectivity index is 1.09. The van der Waals surface area contributed by atoms with Crippen LogP contribution < -0.4 is 31.9 Å². The van der Waals surface area contributed by atoms with E-state index in [0.717, 1.165) is 5.56 Å². The molecule has 1 unspecified atom stereocenters. The molecule has 2 atom stereocenters. The number of nitrogens with zero attached hydrogens (tertiary/aromatic N) is 2. The Bertz CT molecular complexity index is 2320. The monoisotopic (exact) mass is 854 g/mol. The fourth-order valence-corrected chi connectivity index (χ4v) is 11.1. The van der Waals surface area contributed by atoms with Gasteiger partial charge in [-0.3, -0.25) is 28.9 Å².